The van der Waals surface area contributed by atoms with Crippen LogP contribution in [0.2, 0.25) is 0 Å². The average Bonchev–Trinajstić information content (AvgIpc) is 2.33. The maximum atomic E-state index is 11.5. The van der Waals surface area contributed by atoms with Crippen LogP contribution in [-0.4, -0.2) is 35.4 Å². The van der Waals surface area contributed by atoms with Gasteiger partial charge in [0, 0.05) is 6.20 Å². The third-order valence-electron chi connectivity index (χ3n) is 2.17. The third-order valence-corrected chi connectivity index (χ3v) is 2.17. The number of pyridine rings is 1. The predicted molar refractivity (Wildman–Crippen MR) is 70.0 cm³/mol. The summed E-state index contributed by atoms with van der Waals surface area (Å²) in [7, 11) is 1.49. The molecule has 0 bridgehead atoms. The Morgan fingerprint density at radius 1 is 1.53 bits per heavy atom. The molecule has 0 saturated heterocycles. The molecule has 1 atom stereocenters. The van der Waals surface area contributed by atoms with Crippen LogP contribution in [0.5, 0.6) is 5.75 Å². The van der Waals surface area contributed by atoms with Gasteiger partial charge in [0.25, 0.3) is 0 Å². The van der Waals surface area contributed by atoms with Crippen LogP contribution in [0.1, 0.15) is 32.6 Å². The number of rotatable bonds is 4. The van der Waals surface area contributed by atoms with Crippen LogP contribution in [0.4, 0.5) is 4.79 Å². The fourth-order valence-electron chi connectivity index (χ4n) is 1.42. The Hall–Kier alpha value is -1.82. The number of nitrogens with zero attached hydrogens (tertiary/aromatic N) is 1. The molecule has 1 heterocycles. The zero-order valence-electron chi connectivity index (χ0n) is 11.6. The van der Waals surface area contributed by atoms with Crippen molar-refractivity contribution < 1.29 is 19.4 Å². The van der Waals surface area contributed by atoms with Crippen LogP contribution in [0.15, 0.2) is 18.3 Å². The molecule has 0 fully saturated rings. The summed E-state index contributed by atoms with van der Waals surface area (Å²) in [5.41, 5.74) is -0.196. The van der Waals surface area contributed by atoms with Crippen LogP contribution >= 0.6 is 0 Å². The van der Waals surface area contributed by atoms with E-state index in [4.69, 9.17) is 9.47 Å². The molecule has 6 nitrogen and oxygen atoms in total. The third kappa shape index (κ3) is 5.13. The predicted octanol–water partition coefficient (Wildman–Crippen LogP) is 1.65. The molecule has 6 heteroatoms. The van der Waals surface area contributed by atoms with Crippen molar-refractivity contribution in [1.82, 2.24) is 10.3 Å². The van der Waals surface area contributed by atoms with E-state index < -0.39 is 17.8 Å². The van der Waals surface area contributed by atoms with Crippen LogP contribution in [0.25, 0.3) is 0 Å². The van der Waals surface area contributed by atoms with E-state index in [9.17, 15) is 9.90 Å². The van der Waals surface area contributed by atoms with Gasteiger partial charge in [-0.1, -0.05) is 0 Å². The van der Waals surface area contributed by atoms with Crippen LogP contribution in [-0.2, 0) is 4.74 Å². The first-order chi connectivity index (χ1) is 8.83. The zero-order valence-corrected chi connectivity index (χ0v) is 11.6. The second-order valence-electron chi connectivity index (χ2n) is 4.99. The molecule has 106 valence electrons. The second-order valence-corrected chi connectivity index (χ2v) is 4.99. The molecule has 0 radical (unpaired) electrons. The van der Waals surface area contributed by atoms with Gasteiger partial charge in [-0.05, 0) is 32.9 Å². The number of hydrogen-bond donors (Lipinski definition) is 2. The minimum absolute atomic E-state index is 0.00227. The lowest BCUT2D eigenvalue weighted by Crippen LogP contribution is -2.35. The number of ether oxygens (including phenoxy) is 2. The summed E-state index contributed by atoms with van der Waals surface area (Å²) < 4.78 is 10.2. The maximum absolute atomic E-state index is 11.5. The molecule has 1 amide bonds. The lowest BCUT2D eigenvalue weighted by atomic mass is 10.2. The topological polar surface area (TPSA) is 80.7 Å². The number of aliphatic hydroxyl groups excluding tert-OH is 1. The van der Waals surface area contributed by atoms with Gasteiger partial charge < -0.3 is 19.9 Å². The van der Waals surface area contributed by atoms with E-state index in [1.807, 2.05) is 0 Å². The molecule has 0 saturated carbocycles. The fourth-order valence-corrected chi connectivity index (χ4v) is 1.42. The van der Waals surface area contributed by atoms with Gasteiger partial charge in [0.15, 0.2) is 0 Å². The van der Waals surface area contributed by atoms with Crippen molar-refractivity contribution in [2.45, 2.75) is 32.5 Å². The van der Waals surface area contributed by atoms with Crippen molar-refractivity contribution in [1.29, 1.82) is 0 Å². The Morgan fingerprint density at radius 2 is 2.21 bits per heavy atom. The van der Waals surface area contributed by atoms with E-state index in [1.165, 1.54) is 7.11 Å². The fraction of sp³-hybridized carbons (Fsp3) is 0.538. The zero-order chi connectivity index (χ0) is 14.5. The van der Waals surface area contributed by atoms with Gasteiger partial charge in [-0.25, -0.2) is 4.79 Å². The SMILES string of the molecule is COc1cccnc1C(O)CNC(=O)OC(C)(C)C. The van der Waals surface area contributed by atoms with E-state index in [0.29, 0.717) is 11.4 Å². The summed E-state index contributed by atoms with van der Waals surface area (Å²) in [4.78, 5) is 15.5. The highest BCUT2D eigenvalue weighted by atomic mass is 16.6. The highest BCUT2D eigenvalue weighted by molar-refractivity contribution is 5.67. The molecule has 0 aromatic carbocycles. The Bertz CT molecular complexity index is 429. The van der Waals surface area contributed by atoms with E-state index in [1.54, 1.807) is 39.1 Å². The first-order valence-corrected chi connectivity index (χ1v) is 5.97. The molecule has 0 spiro atoms. The van der Waals surface area contributed by atoms with Crippen molar-refractivity contribution in [3.8, 4) is 5.75 Å². The lowest BCUT2D eigenvalue weighted by Gasteiger charge is -2.20. The van der Waals surface area contributed by atoms with Crippen molar-refractivity contribution in [3.05, 3.63) is 24.0 Å². The minimum Gasteiger partial charge on any atom is -0.495 e. The van der Waals surface area contributed by atoms with Gasteiger partial charge in [0.05, 0.1) is 13.7 Å². The van der Waals surface area contributed by atoms with Gasteiger partial charge in [-0.3, -0.25) is 4.98 Å². The Balaban J connectivity index is 2.56. The first kappa shape index (κ1) is 15.2. The van der Waals surface area contributed by atoms with Crippen molar-refractivity contribution in [2.24, 2.45) is 0 Å². The van der Waals surface area contributed by atoms with Crippen molar-refractivity contribution in [3.63, 3.8) is 0 Å². The molecule has 1 aromatic rings. The number of aromatic nitrogens is 1. The first-order valence-electron chi connectivity index (χ1n) is 5.97. The average molecular weight is 268 g/mol. The van der Waals surface area contributed by atoms with Crippen molar-refractivity contribution >= 4 is 6.09 Å². The number of aliphatic hydroxyl groups is 1. The Morgan fingerprint density at radius 3 is 2.79 bits per heavy atom. The summed E-state index contributed by atoms with van der Waals surface area (Å²) in [5.74, 6) is 0.473. The molecule has 1 unspecified atom stereocenters. The normalized spacial score (nSPS) is 12.7. The van der Waals surface area contributed by atoms with Crippen molar-refractivity contribution in [2.75, 3.05) is 13.7 Å². The molecular weight excluding hydrogens is 248 g/mol. The smallest absolute Gasteiger partial charge is 0.407 e. The Kier molecular flexibility index (Phi) is 5.11. The summed E-state index contributed by atoms with van der Waals surface area (Å²) in [6.07, 6.45) is 0.0132. The lowest BCUT2D eigenvalue weighted by molar-refractivity contribution is 0.0489. The number of alkyl carbamates (subject to hydrolysis) is 1. The van der Waals surface area contributed by atoms with Crippen LogP contribution in [0.3, 0.4) is 0 Å². The summed E-state index contributed by atoms with van der Waals surface area (Å²) in [6.45, 7) is 5.31. The number of amides is 1. The number of nitrogens with one attached hydrogen (secondary N) is 1. The summed E-state index contributed by atoms with van der Waals surface area (Å²) in [5, 5.41) is 12.4. The number of hydrogen-bond acceptors (Lipinski definition) is 5. The maximum Gasteiger partial charge on any atom is 0.407 e. The molecular formula is C13H20N2O4. The van der Waals surface area contributed by atoms with Crippen LogP contribution in [0, 0.1) is 0 Å². The summed E-state index contributed by atoms with van der Waals surface area (Å²) in [6, 6.07) is 3.40. The van der Waals surface area contributed by atoms with E-state index in [-0.39, 0.29) is 6.54 Å². The highest BCUT2D eigenvalue weighted by Gasteiger charge is 2.19. The van der Waals surface area contributed by atoms with E-state index >= 15 is 0 Å². The highest BCUT2D eigenvalue weighted by Crippen LogP contribution is 2.21. The van der Waals surface area contributed by atoms with Gasteiger partial charge >= 0.3 is 6.09 Å². The minimum atomic E-state index is -0.955. The molecule has 19 heavy (non-hydrogen) atoms. The van der Waals surface area contributed by atoms with Gasteiger partial charge in [0.1, 0.15) is 23.1 Å². The molecule has 0 aliphatic rings. The molecule has 1 rings (SSSR count). The van der Waals surface area contributed by atoms with Gasteiger partial charge in [-0.2, -0.15) is 0 Å². The van der Waals surface area contributed by atoms with Crippen LogP contribution < -0.4 is 10.1 Å². The quantitative estimate of drug-likeness (QED) is 0.867. The number of carbonyl (C=O) groups excluding carboxylic acids is 1. The van der Waals surface area contributed by atoms with E-state index in [2.05, 4.69) is 10.3 Å². The summed E-state index contributed by atoms with van der Waals surface area (Å²) >= 11 is 0. The monoisotopic (exact) mass is 268 g/mol. The molecule has 1 aromatic heterocycles. The standard InChI is InChI=1S/C13H20N2O4/c1-13(2,3)19-12(17)15-8-9(16)11-10(18-4)6-5-7-14-11/h5-7,9,16H,8H2,1-4H3,(H,15,17). The molecule has 0 aliphatic heterocycles. The van der Waals surface area contributed by atoms with Gasteiger partial charge in [0.2, 0.25) is 0 Å². The number of methoxy groups -OCH3 is 1. The largest absolute Gasteiger partial charge is 0.495 e. The second kappa shape index (κ2) is 6.38. The van der Waals surface area contributed by atoms with E-state index in [0.717, 1.165) is 0 Å². The number of carbonyl (C=O) groups is 1. The molecule has 0 aliphatic carbocycles. The molecule has 2 N–H and O–H groups in total. The Labute approximate surface area is 112 Å². The van der Waals surface area contributed by atoms with Gasteiger partial charge in [-0.15, -0.1) is 0 Å².